The first-order chi connectivity index (χ1) is 18.4. The van der Waals surface area contributed by atoms with Gasteiger partial charge in [0, 0.05) is 16.2 Å². The van der Waals surface area contributed by atoms with E-state index in [1.165, 1.54) is 6.42 Å². The van der Waals surface area contributed by atoms with E-state index in [1.807, 2.05) is 73.7 Å². The Morgan fingerprint density at radius 3 is 2.45 bits per heavy atom. The fourth-order valence-corrected chi connectivity index (χ4v) is 7.07. The highest BCUT2D eigenvalue weighted by Gasteiger charge is 2.73. The lowest BCUT2D eigenvalue weighted by Crippen LogP contribution is -2.56. The minimum atomic E-state index is -1.18. The van der Waals surface area contributed by atoms with Crippen molar-refractivity contribution in [2.75, 3.05) is 5.32 Å². The van der Waals surface area contributed by atoms with Crippen LogP contribution in [0.15, 0.2) is 71.2 Å². The van der Waals surface area contributed by atoms with Crippen molar-refractivity contribution in [2.24, 2.45) is 11.8 Å². The number of nitrogens with one attached hydrogen (secondary N) is 2. The Morgan fingerprint density at radius 1 is 1.03 bits per heavy atom. The maximum Gasteiger partial charge on any atom is 0.246 e. The van der Waals surface area contributed by atoms with Gasteiger partial charge in [0.2, 0.25) is 17.7 Å². The van der Waals surface area contributed by atoms with Crippen LogP contribution in [0.2, 0.25) is 0 Å². The van der Waals surface area contributed by atoms with E-state index in [9.17, 15) is 14.4 Å². The molecule has 2 N–H and O–H groups in total. The summed E-state index contributed by atoms with van der Waals surface area (Å²) in [4.78, 5) is 43.5. The lowest BCUT2D eigenvalue weighted by atomic mass is 9.74. The molecule has 3 heterocycles. The Hall–Kier alpha value is -2.97. The number of hydrogen-bond donors (Lipinski definition) is 2. The summed E-state index contributed by atoms with van der Waals surface area (Å²) >= 11 is 3.41. The SMILES string of the molecule is C[C@H](c1ccccc1)N1C(=O)[C@H]2[C@H](C(=O)Nc3ccc(Br)cc3)[C@H]3C=C[C@@]2(O3)[C@@H]1C(=O)NC1CCCCC1. The van der Waals surface area contributed by atoms with Crippen molar-refractivity contribution in [1.29, 1.82) is 0 Å². The molecule has 38 heavy (non-hydrogen) atoms. The number of likely N-dealkylation sites (tertiary alicyclic amines) is 1. The number of benzene rings is 2. The van der Waals surface area contributed by atoms with Crippen molar-refractivity contribution >= 4 is 39.3 Å². The predicted molar refractivity (Wildman–Crippen MR) is 147 cm³/mol. The van der Waals surface area contributed by atoms with E-state index in [0.29, 0.717) is 5.69 Å². The van der Waals surface area contributed by atoms with Gasteiger partial charge in [0.05, 0.1) is 24.0 Å². The lowest BCUT2D eigenvalue weighted by molar-refractivity contribution is -0.143. The summed E-state index contributed by atoms with van der Waals surface area (Å²) in [6.07, 6.45) is 8.40. The van der Waals surface area contributed by atoms with Crippen molar-refractivity contribution in [3.8, 4) is 0 Å². The molecule has 6 rings (SSSR count). The molecule has 7 nitrogen and oxygen atoms in total. The quantitative estimate of drug-likeness (QED) is 0.485. The molecule has 2 aromatic carbocycles. The van der Waals surface area contributed by atoms with Gasteiger partial charge in [-0.3, -0.25) is 14.4 Å². The first-order valence-electron chi connectivity index (χ1n) is 13.5. The van der Waals surface area contributed by atoms with Crippen LogP contribution in [0.1, 0.15) is 50.6 Å². The van der Waals surface area contributed by atoms with E-state index in [0.717, 1.165) is 35.7 Å². The molecule has 1 saturated carbocycles. The van der Waals surface area contributed by atoms with Crippen molar-refractivity contribution in [3.63, 3.8) is 0 Å². The van der Waals surface area contributed by atoms with Crippen LogP contribution >= 0.6 is 15.9 Å². The highest BCUT2D eigenvalue weighted by atomic mass is 79.9. The van der Waals surface area contributed by atoms with Crippen LogP contribution < -0.4 is 10.6 Å². The molecule has 0 unspecified atom stereocenters. The first-order valence-corrected chi connectivity index (χ1v) is 14.3. The molecule has 3 fully saturated rings. The second-order valence-electron chi connectivity index (χ2n) is 10.9. The van der Waals surface area contributed by atoms with Crippen molar-refractivity contribution in [2.45, 2.75) is 68.9 Å². The summed E-state index contributed by atoms with van der Waals surface area (Å²) in [7, 11) is 0. The zero-order valence-electron chi connectivity index (χ0n) is 21.3. The Morgan fingerprint density at radius 2 is 1.74 bits per heavy atom. The lowest BCUT2D eigenvalue weighted by Gasteiger charge is -2.37. The van der Waals surface area contributed by atoms with E-state index < -0.39 is 29.6 Å². The summed E-state index contributed by atoms with van der Waals surface area (Å²) in [6, 6.07) is 15.9. The van der Waals surface area contributed by atoms with Gasteiger partial charge >= 0.3 is 0 Å². The Balaban J connectivity index is 1.35. The van der Waals surface area contributed by atoms with Crippen molar-refractivity contribution in [1.82, 2.24) is 10.2 Å². The van der Waals surface area contributed by atoms with E-state index in [1.54, 1.807) is 4.90 Å². The van der Waals surface area contributed by atoms with Gasteiger partial charge in [-0.1, -0.05) is 77.7 Å². The molecule has 4 aliphatic rings. The summed E-state index contributed by atoms with van der Waals surface area (Å²) < 4.78 is 7.39. The summed E-state index contributed by atoms with van der Waals surface area (Å²) in [5.74, 6) is -2.19. The molecule has 2 bridgehead atoms. The van der Waals surface area contributed by atoms with Gasteiger partial charge in [-0.05, 0) is 49.6 Å². The van der Waals surface area contributed by atoms with Gasteiger partial charge in [-0.2, -0.15) is 0 Å². The van der Waals surface area contributed by atoms with Crippen molar-refractivity contribution < 1.29 is 19.1 Å². The predicted octanol–water partition coefficient (Wildman–Crippen LogP) is 4.75. The number of nitrogens with zero attached hydrogens (tertiary/aromatic N) is 1. The molecular weight excluding hydrogens is 546 g/mol. The van der Waals surface area contributed by atoms with Crippen LogP contribution in [0, 0.1) is 11.8 Å². The van der Waals surface area contributed by atoms with Crippen LogP contribution in [0.25, 0.3) is 0 Å². The molecule has 2 saturated heterocycles. The molecule has 198 valence electrons. The molecular formula is C30H32BrN3O4. The minimum Gasteiger partial charge on any atom is -0.359 e. The normalized spacial score (nSPS) is 30.8. The summed E-state index contributed by atoms with van der Waals surface area (Å²) in [5.41, 5.74) is 0.401. The number of fused-ring (bicyclic) bond motifs is 1. The second-order valence-corrected chi connectivity index (χ2v) is 11.8. The molecule has 1 aliphatic carbocycles. The molecule has 3 amide bonds. The Bertz CT molecular complexity index is 1260. The smallest absolute Gasteiger partial charge is 0.246 e. The maximum atomic E-state index is 14.3. The molecule has 2 aromatic rings. The molecule has 1 spiro atoms. The highest BCUT2D eigenvalue weighted by molar-refractivity contribution is 9.10. The standard InChI is InChI=1S/C30H32BrN3O4/c1-18(19-8-4-2-5-9-19)34-26(28(36)33-21-10-6-3-7-11-21)30-17-16-23(38-30)24(25(30)29(34)37)27(35)32-22-14-12-20(31)13-15-22/h2,4-5,8-9,12-18,21,23-26H,3,6-7,10-11H2,1H3,(H,32,35)(H,33,36)/t18-,23-,24-,25-,26+,30+/m1/s1. The van der Waals surface area contributed by atoms with Gasteiger partial charge in [0.15, 0.2) is 0 Å². The topological polar surface area (TPSA) is 87.7 Å². The molecule has 0 aromatic heterocycles. The maximum absolute atomic E-state index is 14.3. The fourth-order valence-electron chi connectivity index (χ4n) is 6.80. The van der Waals surface area contributed by atoms with Gasteiger partial charge < -0.3 is 20.3 Å². The number of amides is 3. The fraction of sp³-hybridized carbons (Fsp3) is 0.433. The van der Waals surface area contributed by atoms with Gasteiger partial charge in [0.1, 0.15) is 11.6 Å². The van der Waals surface area contributed by atoms with Gasteiger partial charge in [0.25, 0.3) is 0 Å². The third kappa shape index (κ3) is 4.18. The third-order valence-corrected chi connectivity index (χ3v) is 9.15. The zero-order valence-corrected chi connectivity index (χ0v) is 22.9. The molecule has 8 heteroatoms. The number of halogens is 1. The van der Waals surface area contributed by atoms with Crippen LogP contribution in [0.5, 0.6) is 0 Å². The van der Waals surface area contributed by atoms with Crippen LogP contribution in [0.3, 0.4) is 0 Å². The minimum absolute atomic E-state index is 0.0924. The number of carbonyl (C=O) groups is 3. The monoisotopic (exact) mass is 577 g/mol. The molecule has 0 radical (unpaired) electrons. The molecule has 3 aliphatic heterocycles. The third-order valence-electron chi connectivity index (χ3n) is 8.63. The number of ether oxygens (including phenoxy) is 1. The summed E-state index contributed by atoms with van der Waals surface area (Å²) in [5, 5.41) is 6.21. The van der Waals surface area contributed by atoms with E-state index >= 15 is 0 Å². The average Bonchev–Trinajstić information content (AvgIpc) is 3.58. The number of hydrogen-bond acceptors (Lipinski definition) is 4. The highest BCUT2D eigenvalue weighted by Crippen LogP contribution is 2.56. The van der Waals surface area contributed by atoms with Crippen LogP contribution in [0.4, 0.5) is 5.69 Å². The number of carbonyl (C=O) groups excluding carboxylic acids is 3. The second kappa shape index (κ2) is 9.97. The first kappa shape index (κ1) is 25.3. The van der Waals surface area contributed by atoms with E-state index in [-0.39, 0.29) is 29.8 Å². The number of rotatable bonds is 6. The Kier molecular flexibility index (Phi) is 6.64. The average molecular weight is 579 g/mol. The Labute approximate surface area is 231 Å². The van der Waals surface area contributed by atoms with Gasteiger partial charge in [-0.15, -0.1) is 0 Å². The van der Waals surface area contributed by atoms with Crippen molar-refractivity contribution in [3.05, 3.63) is 76.8 Å². The molecule has 6 atom stereocenters. The number of anilines is 1. The largest absolute Gasteiger partial charge is 0.359 e. The van der Waals surface area contributed by atoms with Gasteiger partial charge in [-0.25, -0.2) is 0 Å². The zero-order chi connectivity index (χ0) is 26.4. The van der Waals surface area contributed by atoms with Crippen LogP contribution in [-0.2, 0) is 19.1 Å². The van der Waals surface area contributed by atoms with Crippen LogP contribution in [-0.4, -0.2) is 46.4 Å². The van der Waals surface area contributed by atoms with E-state index in [2.05, 4.69) is 26.6 Å². The summed E-state index contributed by atoms with van der Waals surface area (Å²) in [6.45, 7) is 1.94. The van der Waals surface area contributed by atoms with E-state index in [4.69, 9.17) is 4.74 Å².